The lowest BCUT2D eigenvalue weighted by Crippen LogP contribution is -2.48. The number of rotatable bonds is 2. The lowest BCUT2D eigenvalue weighted by molar-refractivity contribution is 0.0914. The molecule has 4 heteroatoms. The van der Waals surface area contributed by atoms with Gasteiger partial charge in [0.15, 0.2) is 0 Å². The number of piperidine rings is 1. The third-order valence-electron chi connectivity index (χ3n) is 4.11. The highest BCUT2D eigenvalue weighted by atomic mass is 35.5. The number of hydrogen-bond acceptors (Lipinski definition) is 2. The molecule has 0 spiro atoms. The lowest BCUT2D eigenvalue weighted by Gasteiger charge is -2.30. The Kier molecular flexibility index (Phi) is 6.24. The summed E-state index contributed by atoms with van der Waals surface area (Å²) in [5.74, 6) is 0.533. The fraction of sp³-hybridized carbons (Fsp3) is 0.588. The second-order valence-electron chi connectivity index (χ2n) is 6.88. The molecule has 1 aromatic rings. The van der Waals surface area contributed by atoms with Crippen LogP contribution in [0.25, 0.3) is 0 Å². The molecule has 21 heavy (non-hydrogen) atoms. The van der Waals surface area contributed by atoms with Crippen molar-refractivity contribution in [2.24, 2.45) is 5.92 Å². The van der Waals surface area contributed by atoms with Crippen molar-refractivity contribution in [3.8, 4) is 0 Å². The maximum atomic E-state index is 12.3. The molecule has 2 rings (SSSR count). The van der Waals surface area contributed by atoms with Crippen LogP contribution in [0.1, 0.15) is 50.0 Å². The zero-order valence-electron chi connectivity index (χ0n) is 13.4. The minimum Gasteiger partial charge on any atom is -0.349 e. The smallest absolute Gasteiger partial charge is 0.251 e. The van der Waals surface area contributed by atoms with Crippen LogP contribution in [-0.4, -0.2) is 25.0 Å². The molecule has 0 saturated carbocycles. The van der Waals surface area contributed by atoms with Gasteiger partial charge in [0, 0.05) is 11.6 Å². The van der Waals surface area contributed by atoms with Crippen molar-refractivity contribution in [3.05, 3.63) is 35.4 Å². The highest BCUT2D eigenvalue weighted by Gasteiger charge is 2.23. The first kappa shape index (κ1) is 18.0. The predicted molar refractivity (Wildman–Crippen MR) is 90.3 cm³/mol. The number of hydrogen-bond donors (Lipinski definition) is 2. The SMILES string of the molecule is CC1CNCCC1NC(=O)c1ccc(C(C)(C)C)cc1.Cl. The number of amides is 1. The van der Waals surface area contributed by atoms with Crippen molar-refractivity contribution in [1.82, 2.24) is 10.6 Å². The van der Waals surface area contributed by atoms with Crippen LogP contribution in [0, 0.1) is 5.92 Å². The molecule has 3 nitrogen and oxygen atoms in total. The van der Waals surface area contributed by atoms with Crippen molar-refractivity contribution in [3.63, 3.8) is 0 Å². The van der Waals surface area contributed by atoms with Crippen LogP contribution in [0.15, 0.2) is 24.3 Å². The summed E-state index contributed by atoms with van der Waals surface area (Å²) in [7, 11) is 0. The van der Waals surface area contributed by atoms with Gasteiger partial charge in [-0.25, -0.2) is 0 Å². The second-order valence-corrected chi connectivity index (χ2v) is 6.88. The Morgan fingerprint density at radius 2 is 1.86 bits per heavy atom. The van der Waals surface area contributed by atoms with E-state index in [2.05, 4.69) is 50.5 Å². The Balaban J connectivity index is 0.00000220. The average molecular weight is 311 g/mol. The molecule has 118 valence electrons. The van der Waals surface area contributed by atoms with E-state index >= 15 is 0 Å². The molecule has 1 amide bonds. The molecular formula is C17H27ClN2O. The normalized spacial score (nSPS) is 22.3. The minimum atomic E-state index is 0. The summed E-state index contributed by atoms with van der Waals surface area (Å²) in [6.45, 7) is 10.7. The first-order chi connectivity index (χ1) is 9.38. The fourth-order valence-electron chi connectivity index (χ4n) is 2.60. The number of benzene rings is 1. The molecule has 0 aromatic heterocycles. The summed E-state index contributed by atoms with van der Waals surface area (Å²) in [6, 6.07) is 8.26. The average Bonchev–Trinajstić information content (AvgIpc) is 2.40. The number of nitrogens with one attached hydrogen (secondary N) is 2. The van der Waals surface area contributed by atoms with Crippen molar-refractivity contribution in [1.29, 1.82) is 0 Å². The van der Waals surface area contributed by atoms with Gasteiger partial charge in [-0.05, 0) is 48.5 Å². The molecular weight excluding hydrogens is 284 g/mol. The van der Waals surface area contributed by atoms with Gasteiger partial charge in [0.05, 0.1) is 0 Å². The summed E-state index contributed by atoms with van der Waals surface area (Å²) in [4.78, 5) is 12.3. The van der Waals surface area contributed by atoms with E-state index < -0.39 is 0 Å². The zero-order chi connectivity index (χ0) is 14.8. The third-order valence-corrected chi connectivity index (χ3v) is 4.11. The van der Waals surface area contributed by atoms with Crippen LogP contribution in [0.3, 0.4) is 0 Å². The van der Waals surface area contributed by atoms with Gasteiger partial charge in [0.2, 0.25) is 0 Å². The van der Waals surface area contributed by atoms with Crippen LogP contribution in [0.4, 0.5) is 0 Å². The highest BCUT2D eigenvalue weighted by Crippen LogP contribution is 2.22. The van der Waals surface area contributed by atoms with Crippen LogP contribution in [0.2, 0.25) is 0 Å². The van der Waals surface area contributed by atoms with Crippen LogP contribution >= 0.6 is 12.4 Å². The Hall–Kier alpha value is -1.06. The first-order valence-corrected chi connectivity index (χ1v) is 7.50. The maximum Gasteiger partial charge on any atom is 0.251 e. The summed E-state index contributed by atoms with van der Waals surface area (Å²) in [5.41, 5.74) is 2.13. The molecule has 0 radical (unpaired) electrons. The maximum absolute atomic E-state index is 12.3. The molecule has 0 aliphatic carbocycles. The molecule has 2 N–H and O–H groups in total. The molecule has 1 saturated heterocycles. The van der Waals surface area contributed by atoms with Gasteiger partial charge in [0.1, 0.15) is 0 Å². The predicted octanol–water partition coefficient (Wildman–Crippen LogP) is 3.13. The van der Waals surface area contributed by atoms with Crippen molar-refractivity contribution >= 4 is 18.3 Å². The van der Waals surface area contributed by atoms with E-state index in [4.69, 9.17) is 0 Å². The number of carbonyl (C=O) groups excluding carboxylic acids is 1. The summed E-state index contributed by atoms with van der Waals surface area (Å²) >= 11 is 0. The number of carbonyl (C=O) groups is 1. The molecule has 2 atom stereocenters. The molecule has 1 aliphatic rings. The van der Waals surface area contributed by atoms with Gasteiger partial charge in [0.25, 0.3) is 5.91 Å². The van der Waals surface area contributed by atoms with E-state index in [1.807, 2.05) is 12.1 Å². The zero-order valence-corrected chi connectivity index (χ0v) is 14.2. The van der Waals surface area contributed by atoms with Crippen molar-refractivity contribution < 1.29 is 4.79 Å². The topological polar surface area (TPSA) is 41.1 Å². The second kappa shape index (κ2) is 7.28. The molecule has 1 heterocycles. The Morgan fingerprint density at radius 1 is 1.24 bits per heavy atom. The van der Waals surface area contributed by atoms with E-state index in [1.54, 1.807) is 0 Å². The molecule has 1 aliphatic heterocycles. The Bertz CT molecular complexity index is 465. The lowest BCUT2D eigenvalue weighted by atomic mass is 9.86. The van der Waals surface area contributed by atoms with Crippen molar-refractivity contribution in [2.45, 2.75) is 45.6 Å². The first-order valence-electron chi connectivity index (χ1n) is 7.50. The summed E-state index contributed by atoms with van der Waals surface area (Å²) in [5, 5.41) is 6.51. The van der Waals surface area contributed by atoms with E-state index in [9.17, 15) is 4.79 Å². The van der Waals surface area contributed by atoms with Gasteiger partial charge in [-0.3, -0.25) is 4.79 Å². The van der Waals surface area contributed by atoms with Gasteiger partial charge in [-0.1, -0.05) is 39.8 Å². The molecule has 1 fully saturated rings. The quantitative estimate of drug-likeness (QED) is 0.881. The molecule has 2 unspecified atom stereocenters. The molecule has 0 bridgehead atoms. The minimum absolute atomic E-state index is 0. The largest absolute Gasteiger partial charge is 0.349 e. The van der Waals surface area contributed by atoms with Gasteiger partial charge < -0.3 is 10.6 Å². The third kappa shape index (κ3) is 4.72. The molecule has 1 aromatic carbocycles. The van der Waals surface area contributed by atoms with Gasteiger partial charge in [-0.15, -0.1) is 12.4 Å². The Morgan fingerprint density at radius 3 is 2.38 bits per heavy atom. The van der Waals surface area contributed by atoms with Gasteiger partial charge >= 0.3 is 0 Å². The number of halogens is 1. The van der Waals surface area contributed by atoms with Crippen LogP contribution in [0.5, 0.6) is 0 Å². The Labute approximate surface area is 134 Å². The van der Waals surface area contributed by atoms with Crippen LogP contribution < -0.4 is 10.6 Å². The summed E-state index contributed by atoms with van der Waals surface area (Å²) < 4.78 is 0. The fourth-order valence-corrected chi connectivity index (χ4v) is 2.60. The van der Waals surface area contributed by atoms with Crippen molar-refractivity contribution in [2.75, 3.05) is 13.1 Å². The summed E-state index contributed by atoms with van der Waals surface area (Å²) in [6.07, 6.45) is 1.01. The monoisotopic (exact) mass is 310 g/mol. The highest BCUT2D eigenvalue weighted by molar-refractivity contribution is 5.94. The van der Waals surface area contributed by atoms with E-state index in [-0.39, 0.29) is 29.8 Å². The van der Waals surface area contributed by atoms with E-state index in [1.165, 1.54) is 5.56 Å². The van der Waals surface area contributed by atoms with E-state index in [0.717, 1.165) is 25.1 Å². The standard InChI is InChI=1S/C17H26N2O.ClH/c1-12-11-18-10-9-15(12)19-16(20)13-5-7-14(8-6-13)17(2,3)4;/h5-8,12,15,18H,9-11H2,1-4H3,(H,19,20);1H. The van der Waals surface area contributed by atoms with Crippen LogP contribution in [-0.2, 0) is 5.41 Å². The van der Waals surface area contributed by atoms with Gasteiger partial charge in [-0.2, -0.15) is 0 Å². The van der Waals surface area contributed by atoms with E-state index in [0.29, 0.717) is 5.92 Å².